The molecule has 92 valence electrons. The van der Waals surface area contributed by atoms with E-state index in [0.29, 0.717) is 5.69 Å². The maximum atomic E-state index is 13.3. The van der Waals surface area contributed by atoms with Gasteiger partial charge >= 0.3 is 0 Å². The molecule has 18 heavy (non-hydrogen) atoms. The number of hydrogen-bond donors (Lipinski definition) is 2. The fraction of sp³-hybridized carbons (Fsp3) is 0. The average Bonchev–Trinajstić information content (AvgIpc) is 2.85. The number of halogens is 1. The van der Waals surface area contributed by atoms with Gasteiger partial charge in [0.2, 0.25) is 0 Å². The predicted molar refractivity (Wildman–Crippen MR) is 77.7 cm³/mol. The molecule has 1 aromatic heterocycles. The number of anilines is 1. The molecule has 0 saturated heterocycles. The standard InChI is InChI=1S/C12H10FN3S2/c13-10-3-1-2-4-11(10)15-12(17)16-14-7-9-5-6-18-8-9/h1-8H,(H2,15,16,17)/b14-7+. The highest BCUT2D eigenvalue weighted by molar-refractivity contribution is 7.80. The van der Waals surface area contributed by atoms with Gasteiger partial charge in [0.25, 0.3) is 0 Å². The fourth-order valence-electron chi connectivity index (χ4n) is 1.23. The molecule has 0 unspecified atom stereocenters. The SMILES string of the molecule is Fc1ccccc1NC(=S)N/N=C/c1ccsc1. The van der Waals surface area contributed by atoms with Gasteiger partial charge in [-0.1, -0.05) is 12.1 Å². The Morgan fingerprint density at radius 2 is 2.17 bits per heavy atom. The lowest BCUT2D eigenvalue weighted by Gasteiger charge is -2.07. The molecule has 0 bridgehead atoms. The molecule has 0 aliphatic rings. The van der Waals surface area contributed by atoms with Crippen molar-refractivity contribution in [1.82, 2.24) is 5.43 Å². The van der Waals surface area contributed by atoms with Crippen LogP contribution in [0.2, 0.25) is 0 Å². The van der Waals surface area contributed by atoms with Crippen LogP contribution in [0.15, 0.2) is 46.2 Å². The van der Waals surface area contributed by atoms with E-state index in [2.05, 4.69) is 15.8 Å². The molecule has 0 spiro atoms. The number of thiocarbonyl (C=S) groups is 1. The van der Waals surface area contributed by atoms with Crippen LogP contribution in [0, 0.1) is 5.82 Å². The zero-order valence-corrected chi connectivity index (χ0v) is 10.9. The Hall–Kier alpha value is -1.79. The quantitative estimate of drug-likeness (QED) is 0.514. The van der Waals surface area contributed by atoms with Crippen LogP contribution in [-0.4, -0.2) is 11.3 Å². The number of hydrazone groups is 1. The molecule has 0 fully saturated rings. The summed E-state index contributed by atoms with van der Waals surface area (Å²) in [6, 6.07) is 8.24. The third kappa shape index (κ3) is 3.61. The molecule has 0 saturated carbocycles. The first-order valence-electron chi connectivity index (χ1n) is 5.12. The summed E-state index contributed by atoms with van der Waals surface area (Å²) in [6.07, 6.45) is 1.64. The van der Waals surface area contributed by atoms with E-state index in [-0.39, 0.29) is 10.9 Å². The summed E-state index contributed by atoms with van der Waals surface area (Å²) in [6.45, 7) is 0. The van der Waals surface area contributed by atoms with Crippen molar-refractivity contribution in [3.63, 3.8) is 0 Å². The van der Waals surface area contributed by atoms with Gasteiger partial charge in [-0.2, -0.15) is 16.4 Å². The number of thiophene rings is 1. The Balaban J connectivity index is 1.88. The monoisotopic (exact) mass is 279 g/mol. The molecular weight excluding hydrogens is 269 g/mol. The van der Waals surface area contributed by atoms with E-state index in [0.717, 1.165) is 5.56 Å². The van der Waals surface area contributed by atoms with Crippen LogP contribution in [0.4, 0.5) is 10.1 Å². The van der Waals surface area contributed by atoms with Crippen molar-refractivity contribution in [2.45, 2.75) is 0 Å². The highest BCUT2D eigenvalue weighted by atomic mass is 32.1. The van der Waals surface area contributed by atoms with Gasteiger partial charge in [-0.15, -0.1) is 0 Å². The molecule has 2 aromatic rings. The molecular formula is C12H10FN3S2. The molecule has 0 aliphatic carbocycles. The number of nitrogens with zero attached hydrogens (tertiary/aromatic N) is 1. The normalized spacial score (nSPS) is 10.5. The van der Waals surface area contributed by atoms with E-state index in [4.69, 9.17) is 12.2 Å². The summed E-state index contributed by atoms with van der Waals surface area (Å²) in [5.74, 6) is -0.358. The second-order valence-electron chi connectivity index (χ2n) is 3.36. The van der Waals surface area contributed by atoms with Crippen molar-refractivity contribution < 1.29 is 4.39 Å². The second-order valence-corrected chi connectivity index (χ2v) is 4.55. The Morgan fingerprint density at radius 3 is 2.89 bits per heavy atom. The summed E-state index contributed by atoms with van der Waals surface area (Å²) in [5, 5.41) is 10.8. The van der Waals surface area contributed by atoms with Crippen molar-refractivity contribution in [1.29, 1.82) is 0 Å². The smallest absolute Gasteiger partial charge is 0.191 e. The lowest BCUT2D eigenvalue weighted by atomic mass is 10.3. The Labute approximate surface area is 113 Å². The minimum atomic E-state index is -0.358. The van der Waals surface area contributed by atoms with Gasteiger partial charge in [0.15, 0.2) is 5.11 Å². The van der Waals surface area contributed by atoms with Crippen LogP contribution in [0.1, 0.15) is 5.56 Å². The van der Waals surface area contributed by atoms with Crippen molar-refractivity contribution >= 4 is 40.6 Å². The van der Waals surface area contributed by atoms with E-state index in [1.165, 1.54) is 6.07 Å². The Kier molecular flexibility index (Phi) is 4.38. The molecule has 2 rings (SSSR count). The predicted octanol–water partition coefficient (Wildman–Crippen LogP) is 3.21. The van der Waals surface area contributed by atoms with Crippen LogP contribution < -0.4 is 10.7 Å². The summed E-state index contributed by atoms with van der Waals surface area (Å²) >= 11 is 6.58. The molecule has 0 amide bonds. The molecule has 0 atom stereocenters. The van der Waals surface area contributed by atoms with Crippen LogP contribution >= 0.6 is 23.6 Å². The van der Waals surface area contributed by atoms with Gasteiger partial charge in [-0.3, -0.25) is 5.43 Å². The zero-order chi connectivity index (χ0) is 12.8. The zero-order valence-electron chi connectivity index (χ0n) is 9.26. The van der Waals surface area contributed by atoms with Gasteiger partial charge in [0, 0.05) is 5.56 Å². The number of nitrogens with one attached hydrogen (secondary N) is 2. The lowest BCUT2D eigenvalue weighted by molar-refractivity contribution is 0.632. The van der Waals surface area contributed by atoms with Crippen LogP contribution in [-0.2, 0) is 0 Å². The van der Waals surface area contributed by atoms with Crippen molar-refractivity contribution in [2.24, 2.45) is 5.10 Å². The number of rotatable bonds is 3. The van der Waals surface area contributed by atoms with E-state index >= 15 is 0 Å². The van der Waals surface area contributed by atoms with Gasteiger partial charge in [-0.05, 0) is 41.2 Å². The van der Waals surface area contributed by atoms with Crippen LogP contribution in [0.5, 0.6) is 0 Å². The Morgan fingerprint density at radius 1 is 1.33 bits per heavy atom. The van der Waals surface area contributed by atoms with Gasteiger partial charge < -0.3 is 5.32 Å². The highest BCUT2D eigenvalue weighted by Gasteiger charge is 2.01. The van der Waals surface area contributed by atoms with Gasteiger partial charge in [0.05, 0.1) is 11.9 Å². The van der Waals surface area contributed by atoms with Crippen LogP contribution in [0.25, 0.3) is 0 Å². The topological polar surface area (TPSA) is 36.4 Å². The first-order chi connectivity index (χ1) is 8.75. The van der Waals surface area contributed by atoms with Gasteiger partial charge in [-0.25, -0.2) is 4.39 Å². The number of benzene rings is 1. The lowest BCUT2D eigenvalue weighted by Crippen LogP contribution is -2.24. The maximum absolute atomic E-state index is 13.3. The van der Waals surface area contributed by atoms with Crippen molar-refractivity contribution in [2.75, 3.05) is 5.32 Å². The Bertz CT molecular complexity index is 552. The fourth-order valence-corrected chi connectivity index (χ4v) is 2.00. The van der Waals surface area contributed by atoms with E-state index in [1.807, 2.05) is 16.8 Å². The molecule has 1 heterocycles. The summed E-state index contributed by atoms with van der Waals surface area (Å²) < 4.78 is 13.3. The van der Waals surface area contributed by atoms with E-state index < -0.39 is 0 Å². The van der Waals surface area contributed by atoms with Crippen molar-refractivity contribution in [3.8, 4) is 0 Å². The highest BCUT2D eigenvalue weighted by Crippen LogP contribution is 2.11. The maximum Gasteiger partial charge on any atom is 0.191 e. The third-order valence-corrected chi connectivity index (χ3v) is 2.94. The number of para-hydroxylation sites is 1. The molecule has 0 aliphatic heterocycles. The van der Waals surface area contributed by atoms with Crippen molar-refractivity contribution in [3.05, 3.63) is 52.5 Å². The molecule has 1 aromatic carbocycles. The molecule has 3 nitrogen and oxygen atoms in total. The summed E-state index contributed by atoms with van der Waals surface area (Å²) in [7, 11) is 0. The third-order valence-electron chi connectivity index (χ3n) is 2.04. The first-order valence-corrected chi connectivity index (χ1v) is 6.47. The molecule has 0 radical (unpaired) electrons. The largest absolute Gasteiger partial charge is 0.329 e. The number of hydrogen-bond acceptors (Lipinski definition) is 3. The van der Waals surface area contributed by atoms with E-state index in [9.17, 15) is 4.39 Å². The first kappa shape index (κ1) is 12.7. The summed E-state index contributed by atoms with van der Waals surface area (Å²) in [4.78, 5) is 0. The minimum absolute atomic E-state index is 0.242. The van der Waals surface area contributed by atoms with Crippen LogP contribution in [0.3, 0.4) is 0 Å². The van der Waals surface area contributed by atoms with E-state index in [1.54, 1.807) is 35.8 Å². The minimum Gasteiger partial charge on any atom is -0.329 e. The molecule has 2 N–H and O–H groups in total. The summed E-state index contributed by atoms with van der Waals surface area (Å²) in [5.41, 5.74) is 3.93. The second kappa shape index (κ2) is 6.23. The molecule has 6 heteroatoms. The average molecular weight is 279 g/mol. The van der Waals surface area contributed by atoms with Gasteiger partial charge in [0.1, 0.15) is 5.82 Å².